The van der Waals surface area contributed by atoms with Crippen LogP contribution in [0.25, 0.3) is 5.57 Å². The van der Waals surface area contributed by atoms with Gasteiger partial charge in [0.05, 0.1) is 5.56 Å². The van der Waals surface area contributed by atoms with Crippen LogP contribution in [0.5, 0.6) is 0 Å². The van der Waals surface area contributed by atoms with Gasteiger partial charge in [0.1, 0.15) is 10.7 Å². The number of halogens is 1. The van der Waals surface area contributed by atoms with E-state index < -0.39 is 0 Å². The molecule has 0 amide bonds. The third-order valence-corrected chi connectivity index (χ3v) is 4.88. The molecular weight excluding hydrogens is 302 g/mol. The summed E-state index contributed by atoms with van der Waals surface area (Å²) in [4.78, 5) is 4.27. The van der Waals surface area contributed by atoms with Crippen molar-refractivity contribution in [2.45, 2.75) is 19.3 Å². The lowest BCUT2D eigenvalue weighted by atomic mass is 9.75. The van der Waals surface area contributed by atoms with Crippen molar-refractivity contribution >= 4 is 21.5 Å². The summed E-state index contributed by atoms with van der Waals surface area (Å²) in [6.07, 6.45) is 7.77. The van der Waals surface area contributed by atoms with Gasteiger partial charge in [0.15, 0.2) is 0 Å². The van der Waals surface area contributed by atoms with Crippen molar-refractivity contribution in [3.8, 4) is 6.07 Å². The predicted molar refractivity (Wildman–Crippen MR) is 78.3 cm³/mol. The Labute approximate surface area is 121 Å². The lowest BCUT2D eigenvalue weighted by molar-refractivity contribution is 0.252. The van der Waals surface area contributed by atoms with Crippen LogP contribution in [0.1, 0.15) is 30.4 Å². The van der Waals surface area contributed by atoms with Crippen LogP contribution >= 0.6 is 15.9 Å². The number of aromatic nitrogens is 1. The number of nitriles is 1. The molecule has 2 heterocycles. The Morgan fingerprint density at radius 3 is 3.16 bits per heavy atom. The molecular formula is C15H16BrN3. The first-order valence-corrected chi connectivity index (χ1v) is 7.53. The van der Waals surface area contributed by atoms with Gasteiger partial charge in [-0.3, -0.25) is 0 Å². The van der Waals surface area contributed by atoms with Gasteiger partial charge < -0.3 is 5.32 Å². The van der Waals surface area contributed by atoms with Crippen LogP contribution in [0.2, 0.25) is 0 Å². The number of nitrogens with one attached hydrogen (secondary N) is 1. The van der Waals surface area contributed by atoms with Gasteiger partial charge in [-0.1, -0.05) is 6.08 Å². The predicted octanol–water partition coefficient (Wildman–Crippen LogP) is 3.12. The van der Waals surface area contributed by atoms with Gasteiger partial charge in [-0.15, -0.1) is 0 Å². The molecule has 1 N–H and O–H groups in total. The number of pyridine rings is 1. The van der Waals surface area contributed by atoms with Crippen molar-refractivity contribution in [1.29, 1.82) is 5.26 Å². The quantitative estimate of drug-likeness (QED) is 0.810. The first-order chi connectivity index (χ1) is 9.28. The molecule has 1 saturated heterocycles. The number of hydrogen-bond acceptors (Lipinski definition) is 3. The average molecular weight is 318 g/mol. The fourth-order valence-electron chi connectivity index (χ4n) is 3.12. The molecule has 0 spiro atoms. The van der Waals surface area contributed by atoms with E-state index in [-0.39, 0.29) is 0 Å². The minimum atomic E-state index is 0.613. The van der Waals surface area contributed by atoms with Crippen LogP contribution in [-0.2, 0) is 0 Å². The molecule has 0 saturated carbocycles. The van der Waals surface area contributed by atoms with Crippen molar-refractivity contribution < 1.29 is 0 Å². The van der Waals surface area contributed by atoms with E-state index in [4.69, 9.17) is 5.26 Å². The van der Waals surface area contributed by atoms with Crippen LogP contribution in [0.4, 0.5) is 0 Å². The second-order valence-electron chi connectivity index (χ2n) is 5.36. The maximum absolute atomic E-state index is 9.08. The summed E-state index contributed by atoms with van der Waals surface area (Å²) in [5, 5.41) is 12.6. The number of nitrogens with zero attached hydrogens (tertiary/aromatic N) is 2. The smallest absolute Gasteiger partial charge is 0.123 e. The Morgan fingerprint density at radius 2 is 2.32 bits per heavy atom. The van der Waals surface area contributed by atoms with Crippen LogP contribution in [0, 0.1) is 23.2 Å². The third kappa shape index (κ3) is 2.58. The number of allylic oxidation sites excluding steroid dienone is 2. The Hall–Kier alpha value is -1.18. The summed E-state index contributed by atoms with van der Waals surface area (Å²) >= 11 is 3.31. The molecule has 3 nitrogen and oxygen atoms in total. The van der Waals surface area contributed by atoms with E-state index in [1.54, 1.807) is 0 Å². The Balaban J connectivity index is 1.86. The molecule has 2 atom stereocenters. The summed E-state index contributed by atoms with van der Waals surface area (Å²) in [5.74, 6) is 1.58. The zero-order valence-electron chi connectivity index (χ0n) is 10.7. The Bertz CT molecular complexity index is 559. The lowest BCUT2D eigenvalue weighted by Gasteiger charge is -2.35. The van der Waals surface area contributed by atoms with Crippen LogP contribution in [-0.4, -0.2) is 18.1 Å². The van der Waals surface area contributed by atoms with E-state index in [2.05, 4.69) is 38.4 Å². The molecule has 1 fully saturated rings. The lowest BCUT2D eigenvalue weighted by Crippen LogP contribution is -2.37. The van der Waals surface area contributed by atoms with Gasteiger partial charge in [0.2, 0.25) is 0 Å². The minimum absolute atomic E-state index is 0.613. The van der Waals surface area contributed by atoms with Crippen molar-refractivity contribution in [3.63, 3.8) is 0 Å². The molecule has 2 unspecified atom stereocenters. The topological polar surface area (TPSA) is 48.7 Å². The fourth-order valence-corrected chi connectivity index (χ4v) is 3.43. The Kier molecular flexibility index (Phi) is 3.67. The average Bonchev–Trinajstić information content (AvgIpc) is 2.47. The summed E-state index contributed by atoms with van der Waals surface area (Å²) in [6, 6.07) is 4.13. The molecule has 4 heteroatoms. The minimum Gasteiger partial charge on any atom is -0.316 e. The second kappa shape index (κ2) is 5.44. The van der Waals surface area contributed by atoms with Gasteiger partial charge in [-0.2, -0.15) is 5.26 Å². The van der Waals surface area contributed by atoms with E-state index in [0.717, 1.165) is 36.9 Å². The van der Waals surface area contributed by atoms with Gasteiger partial charge in [-0.05, 0) is 77.3 Å². The highest BCUT2D eigenvalue weighted by Crippen LogP contribution is 2.37. The highest BCUT2D eigenvalue weighted by Gasteiger charge is 2.28. The highest BCUT2D eigenvalue weighted by atomic mass is 79.9. The number of fused-ring (bicyclic) bond motifs is 1. The van der Waals surface area contributed by atoms with E-state index in [1.807, 2.05) is 12.3 Å². The first-order valence-electron chi connectivity index (χ1n) is 6.73. The molecule has 1 aliphatic carbocycles. The molecule has 3 rings (SSSR count). The van der Waals surface area contributed by atoms with Gasteiger partial charge in [-0.25, -0.2) is 4.98 Å². The molecule has 1 aromatic heterocycles. The number of hydrogen-bond donors (Lipinski definition) is 1. The summed E-state index contributed by atoms with van der Waals surface area (Å²) in [6.45, 7) is 2.28. The fraction of sp³-hybridized carbons (Fsp3) is 0.467. The molecule has 0 aromatic carbocycles. The third-order valence-electron chi connectivity index (χ3n) is 4.24. The zero-order chi connectivity index (χ0) is 13.2. The molecule has 98 valence electrons. The van der Waals surface area contributed by atoms with Gasteiger partial charge in [0.25, 0.3) is 0 Å². The standard InChI is InChI=1S/C15H16BrN3/c16-15-12(7-17)6-14(9-19-15)11-2-1-10-3-4-18-8-13(10)5-11/h2,6,9-10,13,18H,1,3-5,8H2. The monoisotopic (exact) mass is 317 g/mol. The molecule has 1 aromatic rings. The van der Waals surface area contributed by atoms with Crippen molar-refractivity contribution in [3.05, 3.63) is 34.1 Å². The van der Waals surface area contributed by atoms with E-state index >= 15 is 0 Å². The maximum Gasteiger partial charge on any atom is 0.123 e. The summed E-state index contributed by atoms with van der Waals surface area (Å²) in [5.41, 5.74) is 3.06. The van der Waals surface area contributed by atoms with Gasteiger partial charge >= 0.3 is 0 Å². The van der Waals surface area contributed by atoms with Crippen LogP contribution < -0.4 is 5.32 Å². The molecule has 2 aliphatic rings. The maximum atomic E-state index is 9.08. The molecule has 19 heavy (non-hydrogen) atoms. The summed E-state index contributed by atoms with van der Waals surface area (Å²) < 4.78 is 0.632. The van der Waals surface area contributed by atoms with E-state index in [1.165, 1.54) is 18.4 Å². The normalized spacial score (nSPS) is 26.2. The van der Waals surface area contributed by atoms with Crippen LogP contribution in [0.15, 0.2) is 22.9 Å². The number of piperidine rings is 1. The largest absolute Gasteiger partial charge is 0.316 e. The van der Waals surface area contributed by atoms with Crippen molar-refractivity contribution in [2.24, 2.45) is 11.8 Å². The Morgan fingerprint density at radius 1 is 1.42 bits per heavy atom. The van der Waals surface area contributed by atoms with Gasteiger partial charge in [0, 0.05) is 6.20 Å². The van der Waals surface area contributed by atoms with Crippen molar-refractivity contribution in [2.75, 3.05) is 13.1 Å². The molecule has 1 aliphatic heterocycles. The molecule has 0 bridgehead atoms. The first kappa shape index (κ1) is 12.8. The second-order valence-corrected chi connectivity index (χ2v) is 6.11. The summed E-state index contributed by atoms with van der Waals surface area (Å²) in [7, 11) is 0. The SMILES string of the molecule is N#Cc1cc(C2=CCC3CCNCC3C2)cnc1Br. The highest BCUT2D eigenvalue weighted by molar-refractivity contribution is 9.10. The zero-order valence-corrected chi connectivity index (χ0v) is 12.3. The molecule has 0 radical (unpaired) electrons. The number of rotatable bonds is 1. The van der Waals surface area contributed by atoms with E-state index in [0.29, 0.717) is 10.2 Å². The van der Waals surface area contributed by atoms with E-state index in [9.17, 15) is 0 Å². The van der Waals surface area contributed by atoms with Crippen LogP contribution in [0.3, 0.4) is 0 Å². The van der Waals surface area contributed by atoms with Crippen molar-refractivity contribution in [1.82, 2.24) is 10.3 Å².